The van der Waals surface area contributed by atoms with Crippen LogP contribution in [0.4, 0.5) is 5.69 Å². The Morgan fingerprint density at radius 3 is 2.58 bits per heavy atom. The number of nitrogens with zero attached hydrogens (tertiary/aromatic N) is 3. The Morgan fingerprint density at radius 1 is 1.13 bits per heavy atom. The number of piperidine rings is 1. The lowest BCUT2D eigenvalue weighted by Gasteiger charge is -2.43. The number of aryl methyl sites for hydroxylation is 1. The van der Waals surface area contributed by atoms with Crippen LogP contribution in [0.15, 0.2) is 35.1 Å². The third-order valence-corrected chi connectivity index (χ3v) is 6.23. The molecular weight excluding hydrogens is 392 g/mol. The molecule has 1 saturated heterocycles. The average molecular weight is 423 g/mol. The standard InChI is InChI=1S/C24H30N4O3/c1-15-9-20(25-16(2)29)6-7-21(15)24(31)27-11-17-10-19(14-27)22-8-5-18(13-26(3)4)23(30)28(22)12-17/h5-9,17,19H,10-14H2,1-4H3,(H,25,29)/t17-,19+/m0/s1. The predicted molar refractivity (Wildman–Crippen MR) is 120 cm³/mol. The first kappa shape index (κ1) is 21.3. The minimum atomic E-state index is -0.134. The van der Waals surface area contributed by atoms with Gasteiger partial charge in [0, 0.05) is 61.5 Å². The number of carbonyl (C=O) groups excluding carboxylic acids is 2. The molecule has 0 unspecified atom stereocenters. The number of amides is 2. The zero-order valence-electron chi connectivity index (χ0n) is 18.6. The van der Waals surface area contributed by atoms with Crippen molar-refractivity contribution in [2.24, 2.45) is 5.92 Å². The van der Waals surface area contributed by atoms with Crippen LogP contribution in [0.5, 0.6) is 0 Å². The summed E-state index contributed by atoms with van der Waals surface area (Å²) in [5.74, 6) is 0.338. The van der Waals surface area contributed by atoms with Gasteiger partial charge in [-0.25, -0.2) is 0 Å². The molecule has 7 heteroatoms. The van der Waals surface area contributed by atoms with E-state index in [4.69, 9.17) is 0 Å². The number of rotatable bonds is 4. The molecule has 2 amide bonds. The lowest BCUT2D eigenvalue weighted by Crippen LogP contribution is -2.49. The summed E-state index contributed by atoms with van der Waals surface area (Å²) in [5, 5.41) is 2.76. The van der Waals surface area contributed by atoms with Crippen molar-refractivity contribution < 1.29 is 9.59 Å². The molecule has 7 nitrogen and oxygen atoms in total. The van der Waals surface area contributed by atoms with Gasteiger partial charge in [-0.05, 0) is 63.2 Å². The van der Waals surface area contributed by atoms with Crippen molar-refractivity contribution in [3.05, 3.63) is 63.1 Å². The average Bonchev–Trinajstić information content (AvgIpc) is 2.69. The molecule has 1 N–H and O–H groups in total. The number of carbonyl (C=O) groups is 2. The van der Waals surface area contributed by atoms with Gasteiger partial charge in [-0.15, -0.1) is 0 Å². The highest BCUT2D eigenvalue weighted by Crippen LogP contribution is 2.36. The van der Waals surface area contributed by atoms with Crippen molar-refractivity contribution in [2.75, 3.05) is 32.5 Å². The summed E-state index contributed by atoms with van der Waals surface area (Å²) in [7, 11) is 3.93. The summed E-state index contributed by atoms with van der Waals surface area (Å²) in [6.45, 7) is 5.93. The van der Waals surface area contributed by atoms with E-state index >= 15 is 0 Å². The predicted octanol–water partition coefficient (Wildman–Crippen LogP) is 2.44. The van der Waals surface area contributed by atoms with Crippen LogP contribution in [0.1, 0.15) is 46.4 Å². The van der Waals surface area contributed by atoms with Gasteiger partial charge in [-0.1, -0.05) is 6.07 Å². The highest BCUT2D eigenvalue weighted by Gasteiger charge is 2.37. The Balaban J connectivity index is 1.56. The molecule has 2 atom stereocenters. The molecule has 0 spiro atoms. The van der Waals surface area contributed by atoms with Crippen LogP contribution in [-0.4, -0.2) is 53.4 Å². The molecule has 1 fully saturated rings. The van der Waals surface area contributed by atoms with Crippen LogP contribution >= 0.6 is 0 Å². The van der Waals surface area contributed by atoms with Crippen molar-refractivity contribution in [2.45, 2.75) is 39.3 Å². The van der Waals surface area contributed by atoms with E-state index < -0.39 is 0 Å². The van der Waals surface area contributed by atoms with E-state index in [-0.39, 0.29) is 29.2 Å². The maximum atomic E-state index is 13.3. The van der Waals surface area contributed by atoms with Crippen LogP contribution in [0.3, 0.4) is 0 Å². The number of benzene rings is 1. The Kier molecular flexibility index (Phi) is 5.71. The summed E-state index contributed by atoms with van der Waals surface area (Å²) in [6, 6.07) is 9.41. The lowest BCUT2D eigenvalue weighted by molar-refractivity contribution is -0.114. The number of aromatic nitrogens is 1. The number of likely N-dealkylation sites (tertiary alicyclic amines) is 1. The van der Waals surface area contributed by atoms with Crippen molar-refractivity contribution in [1.29, 1.82) is 0 Å². The van der Waals surface area contributed by atoms with Crippen LogP contribution in [0.25, 0.3) is 0 Å². The zero-order chi connectivity index (χ0) is 22.3. The van der Waals surface area contributed by atoms with Gasteiger partial charge in [-0.3, -0.25) is 14.4 Å². The summed E-state index contributed by atoms with van der Waals surface area (Å²) in [4.78, 5) is 41.5. The third-order valence-electron chi connectivity index (χ3n) is 6.23. The van der Waals surface area contributed by atoms with Crippen molar-refractivity contribution >= 4 is 17.5 Å². The molecule has 0 radical (unpaired) electrons. The SMILES string of the molecule is CC(=O)Nc1ccc(C(=O)N2C[C@@H]3C[C@H](C2)c2ccc(CN(C)C)c(=O)n2C3)c(C)c1. The molecule has 0 saturated carbocycles. The fraction of sp³-hybridized carbons (Fsp3) is 0.458. The van der Waals surface area contributed by atoms with Crippen LogP contribution in [0, 0.1) is 12.8 Å². The van der Waals surface area contributed by atoms with Gasteiger partial charge < -0.3 is 19.7 Å². The highest BCUT2D eigenvalue weighted by atomic mass is 16.2. The van der Waals surface area contributed by atoms with E-state index in [1.807, 2.05) is 47.5 Å². The minimum Gasteiger partial charge on any atom is -0.338 e. The number of anilines is 1. The largest absolute Gasteiger partial charge is 0.338 e. The molecule has 164 valence electrons. The number of hydrogen-bond donors (Lipinski definition) is 1. The maximum absolute atomic E-state index is 13.3. The third kappa shape index (κ3) is 4.28. The van der Waals surface area contributed by atoms with E-state index in [0.29, 0.717) is 37.4 Å². The second-order valence-corrected chi connectivity index (χ2v) is 9.16. The number of hydrogen-bond acceptors (Lipinski definition) is 4. The Morgan fingerprint density at radius 2 is 1.90 bits per heavy atom. The molecule has 2 aliphatic rings. The van der Waals surface area contributed by atoms with Gasteiger partial charge in [0.1, 0.15) is 0 Å². The van der Waals surface area contributed by atoms with Crippen LogP contribution in [0.2, 0.25) is 0 Å². The van der Waals surface area contributed by atoms with Gasteiger partial charge >= 0.3 is 0 Å². The van der Waals surface area contributed by atoms with Crippen LogP contribution in [-0.2, 0) is 17.9 Å². The molecule has 31 heavy (non-hydrogen) atoms. The first-order valence-corrected chi connectivity index (χ1v) is 10.8. The molecule has 4 rings (SSSR count). The van der Waals surface area contributed by atoms with Gasteiger partial charge in [0.15, 0.2) is 0 Å². The second kappa shape index (κ2) is 8.30. The molecule has 3 heterocycles. The van der Waals surface area contributed by atoms with E-state index in [9.17, 15) is 14.4 Å². The summed E-state index contributed by atoms with van der Waals surface area (Å²) in [6.07, 6.45) is 1.01. The number of pyridine rings is 1. The van der Waals surface area contributed by atoms with E-state index in [1.54, 1.807) is 12.1 Å². The first-order valence-electron chi connectivity index (χ1n) is 10.8. The highest BCUT2D eigenvalue weighted by molar-refractivity contribution is 5.97. The maximum Gasteiger partial charge on any atom is 0.255 e. The smallest absolute Gasteiger partial charge is 0.255 e. The molecule has 1 aromatic heterocycles. The molecular formula is C24H30N4O3. The van der Waals surface area contributed by atoms with Gasteiger partial charge in [-0.2, -0.15) is 0 Å². The van der Waals surface area contributed by atoms with Gasteiger partial charge in [0.2, 0.25) is 5.91 Å². The van der Waals surface area contributed by atoms with E-state index in [1.165, 1.54) is 6.92 Å². The number of nitrogens with one attached hydrogen (secondary N) is 1. The summed E-state index contributed by atoms with van der Waals surface area (Å²) >= 11 is 0. The first-order chi connectivity index (χ1) is 14.7. The van der Waals surface area contributed by atoms with Crippen LogP contribution < -0.4 is 10.9 Å². The monoisotopic (exact) mass is 422 g/mol. The van der Waals surface area contributed by atoms with Crippen molar-refractivity contribution in [3.8, 4) is 0 Å². The van der Waals surface area contributed by atoms with Gasteiger partial charge in [0.25, 0.3) is 11.5 Å². The van der Waals surface area contributed by atoms with E-state index in [2.05, 4.69) is 11.4 Å². The minimum absolute atomic E-state index is 0.0154. The molecule has 1 aromatic carbocycles. The fourth-order valence-corrected chi connectivity index (χ4v) is 4.97. The second-order valence-electron chi connectivity index (χ2n) is 9.16. The molecule has 2 bridgehead atoms. The zero-order valence-corrected chi connectivity index (χ0v) is 18.6. The molecule has 2 aliphatic heterocycles. The quantitative estimate of drug-likeness (QED) is 0.821. The Bertz CT molecular complexity index is 1090. The Labute approximate surface area is 182 Å². The lowest BCUT2D eigenvalue weighted by atomic mass is 9.82. The van der Waals surface area contributed by atoms with Gasteiger partial charge in [0.05, 0.1) is 0 Å². The van der Waals surface area contributed by atoms with Crippen molar-refractivity contribution in [1.82, 2.24) is 14.4 Å². The fourth-order valence-electron chi connectivity index (χ4n) is 4.97. The summed E-state index contributed by atoms with van der Waals surface area (Å²) < 4.78 is 1.94. The van der Waals surface area contributed by atoms with Crippen molar-refractivity contribution in [3.63, 3.8) is 0 Å². The molecule has 0 aliphatic carbocycles. The topological polar surface area (TPSA) is 74.7 Å². The normalized spacial score (nSPS) is 19.8. The Hall–Kier alpha value is -2.93. The van der Waals surface area contributed by atoms with E-state index in [0.717, 1.165) is 23.2 Å². The summed E-state index contributed by atoms with van der Waals surface area (Å²) in [5.41, 5.74) is 4.16. The number of fused-ring (bicyclic) bond motifs is 4. The molecule has 2 aromatic rings.